The summed E-state index contributed by atoms with van der Waals surface area (Å²) in [6.07, 6.45) is 4.56. The van der Waals surface area contributed by atoms with Gasteiger partial charge in [-0.3, -0.25) is 9.59 Å². The second kappa shape index (κ2) is 9.81. The fraction of sp³-hybridized carbons (Fsp3) is 0.346. The van der Waals surface area contributed by atoms with Gasteiger partial charge in [0, 0.05) is 26.2 Å². The van der Waals surface area contributed by atoms with Crippen molar-refractivity contribution in [1.29, 1.82) is 0 Å². The Morgan fingerprint density at radius 3 is 2.62 bits per heavy atom. The van der Waals surface area contributed by atoms with Crippen molar-refractivity contribution in [1.82, 2.24) is 19.8 Å². The molecule has 3 aromatic rings. The molecule has 6 heteroatoms. The molecule has 1 aromatic heterocycles. The summed E-state index contributed by atoms with van der Waals surface area (Å²) in [5.74, 6) is -0.233. The molecular formula is C26H30N4O2. The van der Waals surface area contributed by atoms with Gasteiger partial charge < -0.3 is 14.8 Å². The third-order valence-corrected chi connectivity index (χ3v) is 6.04. The standard InChI is InChI=1S/C26H30N4O2/c1-3-11-29-12-13-30(26(32)24-16-27-18-28-24)17-23(25(29)31)15-20-7-9-21(10-8-20)22-6-4-5-19(2)14-22/h4-10,14,16,18,23H,3,11-13,15,17H2,1-2H3,(H,27,28). The van der Waals surface area contributed by atoms with E-state index in [1.807, 2.05) is 4.90 Å². The first-order valence-corrected chi connectivity index (χ1v) is 11.3. The minimum Gasteiger partial charge on any atom is -0.341 e. The fourth-order valence-corrected chi connectivity index (χ4v) is 4.36. The lowest BCUT2D eigenvalue weighted by atomic mass is 9.95. The monoisotopic (exact) mass is 430 g/mol. The average molecular weight is 431 g/mol. The van der Waals surface area contributed by atoms with Crippen molar-refractivity contribution < 1.29 is 9.59 Å². The maximum absolute atomic E-state index is 13.3. The van der Waals surface area contributed by atoms with Crippen LogP contribution in [0.4, 0.5) is 0 Å². The van der Waals surface area contributed by atoms with Crippen molar-refractivity contribution in [3.05, 3.63) is 77.9 Å². The summed E-state index contributed by atoms with van der Waals surface area (Å²) in [6.45, 7) is 6.39. The normalized spacial score (nSPS) is 16.8. The number of imidazole rings is 1. The van der Waals surface area contributed by atoms with E-state index in [0.29, 0.717) is 38.3 Å². The number of carbonyl (C=O) groups excluding carboxylic acids is 2. The van der Waals surface area contributed by atoms with Gasteiger partial charge in [0.1, 0.15) is 5.69 Å². The summed E-state index contributed by atoms with van der Waals surface area (Å²) in [4.78, 5) is 36.8. The second-order valence-electron chi connectivity index (χ2n) is 8.51. The van der Waals surface area contributed by atoms with Gasteiger partial charge in [0.2, 0.25) is 5.91 Å². The Kier molecular flexibility index (Phi) is 6.69. The van der Waals surface area contributed by atoms with Crippen molar-refractivity contribution in [2.24, 2.45) is 5.92 Å². The van der Waals surface area contributed by atoms with Crippen molar-refractivity contribution in [2.45, 2.75) is 26.7 Å². The quantitative estimate of drug-likeness (QED) is 0.644. The summed E-state index contributed by atoms with van der Waals surface area (Å²) in [7, 11) is 0. The van der Waals surface area contributed by atoms with Crippen LogP contribution in [0.25, 0.3) is 11.1 Å². The maximum Gasteiger partial charge on any atom is 0.271 e. The number of hydrogen-bond donors (Lipinski definition) is 1. The number of H-pyrrole nitrogens is 1. The van der Waals surface area contributed by atoms with Gasteiger partial charge in [-0.2, -0.15) is 0 Å². The lowest BCUT2D eigenvalue weighted by Gasteiger charge is -2.23. The molecule has 166 valence electrons. The molecule has 1 fully saturated rings. The van der Waals surface area contributed by atoms with Gasteiger partial charge in [-0.25, -0.2) is 4.98 Å². The van der Waals surface area contributed by atoms with Crippen LogP contribution >= 0.6 is 0 Å². The van der Waals surface area contributed by atoms with Gasteiger partial charge in [0.25, 0.3) is 5.91 Å². The molecule has 0 aliphatic carbocycles. The Morgan fingerprint density at radius 1 is 1.12 bits per heavy atom. The van der Waals surface area contributed by atoms with Crippen LogP contribution in [-0.4, -0.2) is 57.8 Å². The maximum atomic E-state index is 13.3. The molecule has 1 unspecified atom stereocenters. The predicted octanol–water partition coefficient (Wildman–Crippen LogP) is 3.94. The van der Waals surface area contributed by atoms with E-state index in [9.17, 15) is 9.59 Å². The zero-order valence-electron chi connectivity index (χ0n) is 18.8. The number of nitrogens with one attached hydrogen (secondary N) is 1. The molecule has 32 heavy (non-hydrogen) atoms. The molecule has 0 spiro atoms. The minimum absolute atomic E-state index is 0.103. The van der Waals surface area contributed by atoms with Crippen LogP contribution in [0.5, 0.6) is 0 Å². The van der Waals surface area contributed by atoms with Crippen molar-refractivity contribution in [2.75, 3.05) is 26.2 Å². The molecule has 1 aliphatic heterocycles. The van der Waals surface area contributed by atoms with Gasteiger partial charge in [0.15, 0.2) is 0 Å². The largest absolute Gasteiger partial charge is 0.341 e. The lowest BCUT2D eigenvalue weighted by molar-refractivity contribution is -0.134. The summed E-state index contributed by atoms with van der Waals surface area (Å²) < 4.78 is 0. The molecule has 0 radical (unpaired) electrons. The van der Waals surface area contributed by atoms with Gasteiger partial charge in [-0.1, -0.05) is 61.0 Å². The molecule has 0 bridgehead atoms. The zero-order valence-corrected chi connectivity index (χ0v) is 18.8. The molecule has 4 rings (SSSR count). The summed E-state index contributed by atoms with van der Waals surface area (Å²) in [5.41, 5.74) is 5.14. The highest BCUT2D eigenvalue weighted by molar-refractivity contribution is 5.93. The Labute approximate surface area is 189 Å². The molecule has 1 saturated heterocycles. The molecular weight excluding hydrogens is 400 g/mol. The smallest absolute Gasteiger partial charge is 0.271 e. The Hall–Kier alpha value is -3.41. The Morgan fingerprint density at radius 2 is 1.94 bits per heavy atom. The van der Waals surface area contributed by atoms with Gasteiger partial charge in [-0.15, -0.1) is 0 Å². The van der Waals surface area contributed by atoms with E-state index in [0.717, 1.165) is 17.5 Å². The number of nitrogens with zero attached hydrogens (tertiary/aromatic N) is 3. The molecule has 2 amide bonds. The van der Waals surface area contributed by atoms with E-state index in [1.165, 1.54) is 23.7 Å². The van der Waals surface area contributed by atoms with E-state index in [-0.39, 0.29) is 17.7 Å². The third kappa shape index (κ3) is 4.90. The van der Waals surface area contributed by atoms with Crippen LogP contribution in [-0.2, 0) is 11.2 Å². The number of aryl methyl sites for hydroxylation is 1. The Bertz CT molecular complexity index is 1060. The van der Waals surface area contributed by atoms with Crippen LogP contribution < -0.4 is 0 Å². The molecule has 1 N–H and O–H groups in total. The number of aromatic nitrogens is 2. The third-order valence-electron chi connectivity index (χ3n) is 6.04. The number of rotatable bonds is 6. The van der Waals surface area contributed by atoms with Crippen molar-refractivity contribution in [3.63, 3.8) is 0 Å². The average Bonchev–Trinajstić information content (AvgIpc) is 3.30. The Balaban J connectivity index is 1.53. The van der Waals surface area contributed by atoms with Crippen LogP contribution in [0.15, 0.2) is 61.1 Å². The molecule has 1 atom stereocenters. The van der Waals surface area contributed by atoms with E-state index >= 15 is 0 Å². The first-order valence-electron chi connectivity index (χ1n) is 11.3. The number of amides is 2. The number of benzene rings is 2. The van der Waals surface area contributed by atoms with Gasteiger partial charge in [0.05, 0.1) is 18.4 Å². The first-order chi connectivity index (χ1) is 15.5. The molecule has 6 nitrogen and oxygen atoms in total. The van der Waals surface area contributed by atoms with Crippen LogP contribution in [0, 0.1) is 12.8 Å². The number of carbonyl (C=O) groups is 2. The van der Waals surface area contributed by atoms with E-state index in [1.54, 1.807) is 4.90 Å². The van der Waals surface area contributed by atoms with E-state index < -0.39 is 0 Å². The summed E-state index contributed by atoms with van der Waals surface area (Å²) >= 11 is 0. The second-order valence-corrected chi connectivity index (χ2v) is 8.51. The van der Waals surface area contributed by atoms with Gasteiger partial charge >= 0.3 is 0 Å². The molecule has 0 saturated carbocycles. The molecule has 2 aromatic carbocycles. The highest BCUT2D eigenvalue weighted by atomic mass is 16.2. The van der Waals surface area contributed by atoms with Crippen molar-refractivity contribution in [3.8, 4) is 11.1 Å². The highest BCUT2D eigenvalue weighted by Gasteiger charge is 2.32. The SMILES string of the molecule is CCCN1CCN(C(=O)c2cnc[nH]2)CC(Cc2ccc(-c3cccc(C)c3)cc2)C1=O. The molecule has 2 heterocycles. The molecule has 1 aliphatic rings. The summed E-state index contributed by atoms with van der Waals surface area (Å²) in [6, 6.07) is 16.9. The first kappa shape index (κ1) is 21.8. The minimum atomic E-state index is -0.263. The lowest BCUT2D eigenvalue weighted by Crippen LogP contribution is -2.38. The van der Waals surface area contributed by atoms with Crippen molar-refractivity contribution >= 4 is 11.8 Å². The van der Waals surface area contributed by atoms with Crippen LogP contribution in [0.3, 0.4) is 0 Å². The number of hydrogen-bond acceptors (Lipinski definition) is 3. The summed E-state index contributed by atoms with van der Waals surface area (Å²) in [5, 5.41) is 0. The van der Waals surface area contributed by atoms with E-state index in [4.69, 9.17) is 0 Å². The fourth-order valence-electron chi connectivity index (χ4n) is 4.36. The topological polar surface area (TPSA) is 69.3 Å². The zero-order chi connectivity index (χ0) is 22.5. The van der Waals surface area contributed by atoms with Gasteiger partial charge in [-0.05, 0) is 36.5 Å². The number of aromatic amines is 1. The predicted molar refractivity (Wildman–Crippen MR) is 125 cm³/mol. The van der Waals surface area contributed by atoms with Crippen LogP contribution in [0.2, 0.25) is 0 Å². The van der Waals surface area contributed by atoms with Crippen LogP contribution in [0.1, 0.15) is 35.0 Å². The highest BCUT2D eigenvalue weighted by Crippen LogP contribution is 2.23. The van der Waals surface area contributed by atoms with E-state index in [2.05, 4.69) is 72.3 Å².